The Bertz CT molecular complexity index is 409. The van der Waals surface area contributed by atoms with Gasteiger partial charge in [0.15, 0.2) is 0 Å². The second-order valence-corrected chi connectivity index (χ2v) is 3.31. The number of hydrazine groups is 1. The third kappa shape index (κ3) is 1.17. The monoisotopic (exact) mass is 226 g/mol. The number of anilines is 1. The van der Waals surface area contributed by atoms with Gasteiger partial charge in [-0.15, -0.1) is 0 Å². The SMILES string of the molecule is NNc1nc2ccc(Br)cc2[nH]1. The van der Waals surface area contributed by atoms with E-state index in [1.54, 1.807) is 0 Å². The summed E-state index contributed by atoms with van der Waals surface area (Å²) in [5.74, 6) is 5.77. The highest BCUT2D eigenvalue weighted by atomic mass is 79.9. The Balaban J connectivity index is 2.67. The number of nitrogens with one attached hydrogen (secondary N) is 2. The summed E-state index contributed by atoms with van der Waals surface area (Å²) < 4.78 is 1.02. The molecule has 1 aromatic heterocycles. The quantitative estimate of drug-likeness (QED) is 0.512. The third-order valence-electron chi connectivity index (χ3n) is 1.58. The number of hydrogen-bond acceptors (Lipinski definition) is 3. The molecule has 62 valence electrons. The number of nitrogen functional groups attached to an aromatic ring is 1. The summed E-state index contributed by atoms with van der Waals surface area (Å²) in [5, 5.41) is 0. The van der Waals surface area contributed by atoms with E-state index in [2.05, 4.69) is 31.3 Å². The number of H-pyrrole nitrogens is 1. The van der Waals surface area contributed by atoms with Gasteiger partial charge in [-0.05, 0) is 18.2 Å². The lowest BCUT2D eigenvalue weighted by Gasteiger charge is -1.88. The molecule has 2 rings (SSSR count). The molecular weight excluding hydrogens is 220 g/mol. The first-order chi connectivity index (χ1) is 5.79. The van der Waals surface area contributed by atoms with E-state index in [-0.39, 0.29) is 0 Å². The highest BCUT2D eigenvalue weighted by Gasteiger charge is 2.00. The van der Waals surface area contributed by atoms with Gasteiger partial charge in [0.05, 0.1) is 11.0 Å². The van der Waals surface area contributed by atoms with Gasteiger partial charge in [-0.1, -0.05) is 15.9 Å². The summed E-state index contributed by atoms with van der Waals surface area (Å²) in [6.07, 6.45) is 0. The Morgan fingerprint density at radius 2 is 2.33 bits per heavy atom. The Morgan fingerprint density at radius 3 is 3.08 bits per heavy atom. The van der Waals surface area contributed by atoms with Crippen molar-refractivity contribution in [2.45, 2.75) is 0 Å². The number of nitrogens with two attached hydrogens (primary N) is 1. The minimum absolute atomic E-state index is 0.572. The molecule has 4 nitrogen and oxygen atoms in total. The maximum Gasteiger partial charge on any atom is 0.215 e. The van der Waals surface area contributed by atoms with Crippen LogP contribution in [0.2, 0.25) is 0 Å². The number of rotatable bonds is 1. The molecule has 0 aliphatic heterocycles. The number of hydrogen-bond donors (Lipinski definition) is 3. The van der Waals surface area contributed by atoms with Crippen LogP contribution in [0.5, 0.6) is 0 Å². The number of halogens is 1. The highest BCUT2D eigenvalue weighted by molar-refractivity contribution is 9.10. The molecule has 0 amide bonds. The zero-order valence-corrected chi connectivity index (χ0v) is 7.72. The van der Waals surface area contributed by atoms with Crippen LogP contribution in [0.3, 0.4) is 0 Å². The van der Waals surface area contributed by atoms with Gasteiger partial charge in [-0.2, -0.15) is 0 Å². The first-order valence-electron chi connectivity index (χ1n) is 3.41. The van der Waals surface area contributed by atoms with Gasteiger partial charge in [0.1, 0.15) is 0 Å². The first kappa shape index (κ1) is 7.57. The van der Waals surface area contributed by atoms with Crippen molar-refractivity contribution < 1.29 is 0 Å². The van der Waals surface area contributed by atoms with Crippen molar-refractivity contribution >= 4 is 32.9 Å². The van der Waals surface area contributed by atoms with E-state index in [9.17, 15) is 0 Å². The molecule has 12 heavy (non-hydrogen) atoms. The second kappa shape index (κ2) is 2.76. The summed E-state index contributed by atoms with van der Waals surface area (Å²) in [5.41, 5.74) is 4.30. The molecule has 4 N–H and O–H groups in total. The Morgan fingerprint density at radius 1 is 1.50 bits per heavy atom. The summed E-state index contributed by atoms with van der Waals surface area (Å²) in [6, 6.07) is 5.80. The summed E-state index contributed by atoms with van der Waals surface area (Å²) in [6.45, 7) is 0. The molecule has 1 heterocycles. The number of nitrogens with zero attached hydrogens (tertiary/aromatic N) is 1. The first-order valence-corrected chi connectivity index (χ1v) is 4.21. The minimum atomic E-state index is 0.572. The number of aromatic amines is 1. The van der Waals surface area contributed by atoms with E-state index < -0.39 is 0 Å². The van der Waals surface area contributed by atoms with Crippen LogP contribution in [0.25, 0.3) is 11.0 Å². The van der Waals surface area contributed by atoms with Gasteiger partial charge in [0.25, 0.3) is 0 Å². The summed E-state index contributed by atoms with van der Waals surface area (Å²) in [7, 11) is 0. The topological polar surface area (TPSA) is 66.7 Å². The van der Waals surface area contributed by atoms with Crippen LogP contribution in [0.1, 0.15) is 0 Å². The number of fused-ring (bicyclic) bond motifs is 1. The van der Waals surface area contributed by atoms with Crippen LogP contribution in [0.15, 0.2) is 22.7 Å². The predicted molar refractivity (Wildman–Crippen MR) is 51.6 cm³/mol. The molecule has 2 aromatic rings. The van der Waals surface area contributed by atoms with Crippen LogP contribution < -0.4 is 11.3 Å². The fourth-order valence-electron chi connectivity index (χ4n) is 1.05. The molecule has 0 spiro atoms. The molecule has 0 saturated heterocycles. The van der Waals surface area contributed by atoms with E-state index in [1.165, 1.54) is 0 Å². The Labute approximate surface area is 77.3 Å². The number of aromatic nitrogens is 2. The van der Waals surface area contributed by atoms with Crippen molar-refractivity contribution in [1.82, 2.24) is 9.97 Å². The van der Waals surface area contributed by atoms with Crippen molar-refractivity contribution in [3.63, 3.8) is 0 Å². The van der Waals surface area contributed by atoms with E-state index >= 15 is 0 Å². The molecule has 0 saturated carbocycles. The lowest BCUT2D eigenvalue weighted by Crippen LogP contribution is -2.07. The Kier molecular flexibility index (Phi) is 1.74. The van der Waals surface area contributed by atoms with E-state index in [0.29, 0.717) is 5.95 Å². The van der Waals surface area contributed by atoms with Crippen molar-refractivity contribution in [1.29, 1.82) is 0 Å². The van der Waals surface area contributed by atoms with Crippen molar-refractivity contribution in [2.75, 3.05) is 5.43 Å². The Hall–Kier alpha value is -1.07. The van der Waals surface area contributed by atoms with Crippen molar-refractivity contribution in [3.05, 3.63) is 22.7 Å². The molecule has 1 aromatic carbocycles. The van der Waals surface area contributed by atoms with Crippen LogP contribution in [-0.2, 0) is 0 Å². The van der Waals surface area contributed by atoms with Crippen LogP contribution in [0.4, 0.5) is 5.95 Å². The minimum Gasteiger partial charge on any atom is -0.323 e. The van der Waals surface area contributed by atoms with Crippen LogP contribution in [0, 0.1) is 0 Å². The fraction of sp³-hybridized carbons (Fsp3) is 0. The number of benzene rings is 1. The molecule has 0 aliphatic rings. The average molecular weight is 227 g/mol. The second-order valence-electron chi connectivity index (χ2n) is 2.39. The third-order valence-corrected chi connectivity index (χ3v) is 2.07. The largest absolute Gasteiger partial charge is 0.323 e. The van der Waals surface area contributed by atoms with Gasteiger partial charge in [0.2, 0.25) is 5.95 Å². The zero-order valence-electron chi connectivity index (χ0n) is 6.13. The molecule has 0 fully saturated rings. The zero-order chi connectivity index (χ0) is 8.55. The van der Waals surface area contributed by atoms with E-state index in [4.69, 9.17) is 5.84 Å². The normalized spacial score (nSPS) is 10.5. The number of imidazole rings is 1. The van der Waals surface area contributed by atoms with Gasteiger partial charge < -0.3 is 4.98 Å². The van der Waals surface area contributed by atoms with Crippen molar-refractivity contribution in [3.8, 4) is 0 Å². The fourth-order valence-corrected chi connectivity index (χ4v) is 1.41. The lowest BCUT2D eigenvalue weighted by molar-refractivity contribution is 1.21. The molecule has 0 atom stereocenters. The molecule has 0 aliphatic carbocycles. The van der Waals surface area contributed by atoms with E-state index in [1.807, 2.05) is 18.2 Å². The molecule has 5 heteroatoms. The lowest BCUT2D eigenvalue weighted by atomic mass is 10.3. The van der Waals surface area contributed by atoms with Crippen LogP contribution >= 0.6 is 15.9 Å². The van der Waals surface area contributed by atoms with Crippen LogP contribution in [-0.4, -0.2) is 9.97 Å². The van der Waals surface area contributed by atoms with Gasteiger partial charge in [0, 0.05) is 4.47 Å². The smallest absolute Gasteiger partial charge is 0.215 e. The molecule has 0 bridgehead atoms. The molecule has 0 unspecified atom stereocenters. The van der Waals surface area contributed by atoms with Gasteiger partial charge in [-0.25, -0.2) is 10.8 Å². The molecular formula is C7H7BrN4. The van der Waals surface area contributed by atoms with Crippen molar-refractivity contribution in [2.24, 2.45) is 5.84 Å². The summed E-state index contributed by atoms with van der Waals surface area (Å²) >= 11 is 3.36. The average Bonchev–Trinajstić information content (AvgIpc) is 2.46. The van der Waals surface area contributed by atoms with E-state index in [0.717, 1.165) is 15.5 Å². The summed E-state index contributed by atoms with van der Waals surface area (Å²) in [4.78, 5) is 7.17. The standard InChI is InChI=1S/C7H7BrN4/c8-4-1-2-5-6(3-4)11-7(10-5)12-9/h1-3H,9H2,(H2,10,11,12). The maximum atomic E-state index is 5.20. The molecule has 0 radical (unpaired) electrons. The van der Waals surface area contributed by atoms with Gasteiger partial charge >= 0.3 is 0 Å². The van der Waals surface area contributed by atoms with Gasteiger partial charge in [-0.3, -0.25) is 5.43 Å². The highest BCUT2D eigenvalue weighted by Crippen LogP contribution is 2.18. The maximum absolute atomic E-state index is 5.20. The predicted octanol–water partition coefficient (Wildman–Crippen LogP) is 1.61.